The van der Waals surface area contributed by atoms with Crippen LogP contribution >= 0.6 is 0 Å². The highest BCUT2D eigenvalue weighted by atomic mass is 14.6. The Hall–Kier alpha value is -0.260. The summed E-state index contributed by atoms with van der Waals surface area (Å²) in [6.07, 6.45) is 9.34. The molecule has 4 unspecified atom stereocenters. The summed E-state index contributed by atoms with van der Waals surface area (Å²) < 4.78 is 0. The third-order valence-electron chi connectivity index (χ3n) is 4.94. The van der Waals surface area contributed by atoms with Crippen molar-refractivity contribution in [3.05, 3.63) is 12.2 Å². The van der Waals surface area contributed by atoms with Crippen molar-refractivity contribution in [1.29, 1.82) is 0 Å². The fraction of sp³-hybridized carbons (Fsp3) is 0.833. The second kappa shape index (κ2) is 1.97. The van der Waals surface area contributed by atoms with E-state index < -0.39 is 0 Å². The first-order valence-electron chi connectivity index (χ1n) is 5.38. The van der Waals surface area contributed by atoms with Crippen LogP contribution in [0.25, 0.3) is 0 Å². The molecular formula is C12H18. The van der Waals surface area contributed by atoms with Crippen LogP contribution in [0.5, 0.6) is 0 Å². The molecule has 0 amide bonds. The van der Waals surface area contributed by atoms with Crippen molar-refractivity contribution in [2.24, 2.45) is 29.1 Å². The highest BCUT2D eigenvalue weighted by Gasteiger charge is 2.58. The Morgan fingerprint density at radius 3 is 2.67 bits per heavy atom. The van der Waals surface area contributed by atoms with Crippen LogP contribution in [0.1, 0.15) is 33.1 Å². The number of hydrogen-bond acceptors (Lipinski definition) is 0. The predicted octanol–water partition coefficient (Wildman–Crippen LogP) is 3.24. The van der Waals surface area contributed by atoms with Gasteiger partial charge in [-0.3, -0.25) is 0 Å². The van der Waals surface area contributed by atoms with E-state index in [-0.39, 0.29) is 0 Å². The number of hydrogen-bond donors (Lipinski definition) is 0. The molecule has 0 heterocycles. The molecule has 3 aliphatic carbocycles. The Kier molecular flexibility index (Phi) is 1.18. The molecule has 2 saturated carbocycles. The van der Waals surface area contributed by atoms with Gasteiger partial charge in [0.05, 0.1) is 0 Å². The fourth-order valence-corrected chi connectivity index (χ4v) is 4.39. The van der Waals surface area contributed by atoms with Gasteiger partial charge in [0.1, 0.15) is 0 Å². The molecule has 0 saturated heterocycles. The van der Waals surface area contributed by atoms with Gasteiger partial charge in [0.15, 0.2) is 0 Å². The molecular weight excluding hydrogens is 144 g/mol. The first kappa shape index (κ1) is 7.17. The lowest BCUT2D eigenvalue weighted by atomic mass is 9.79. The molecule has 3 rings (SSSR count). The Balaban J connectivity index is 2.03. The van der Waals surface area contributed by atoms with Gasteiger partial charge in [-0.05, 0) is 48.3 Å². The lowest BCUT2D eigenvalue weighted by Gasteiger charge is -2.25. The molecule has 0 aliphatic heterocycles. The normalized spacial score (nSPS) is 53.2. The smallest absolute Gasteiger partial charge is 0.0166 e. The first-order valence-corrected chi connectivity index (χ1v) is 5.38. The number of allylic oxidation sites excluding steroid dienone is 2. The van der Waals surface area contributed by atoms with Gasteiger partial charge >= 0.3 is 0 Å². The van der Waals surface area contributed by atoms with E-state index in [4.69, 9.17) is 0 Å². The van der Waals surface area contributed by atoms with E-state index in [2.05, 4.69) is 26.0 Å². The molecule has 4 atom stereocenters. The first-order chi connectivity index (χ1) is 5.71. The predicted molar refractivity (Wildman–Crippen MR) is 50.7 cm³/mol. The molecule has 0 nitrogen and oxygen atoms in total. The van der Waals surface area contributed by atoms with Crippen LogP contribution in [0.2, 0.25) is 0 Å². The van der Waals surface area contributed by atoms with Gasteiger partial charge in [-0.15, -0.1) is 0 Å². The van der Waals surface area contributed by atoms with E-state index in [9.17, 15) is 0 Å². The van der Waals surface area contributed by atoms with E-state index >= 15 is 0 Å². The number of rotatable bonds is 0. The molecule has 0 radical (unpaired) electrons. The van der Waals surface area contributed by atoms with Crippen molar-refractivity contribution in [3.8, 4) is 0 Å². The van der Waals surface area contributed by atoms with Crippen molar-refractivity contribution in [2.45, 2.75) is 33.1 Å². The molecule has 0 spiro atoms. The summed E-state index contributed by atoms with van der Waals surface area (Å²) in [6.45, 7) is 5.00. The molecule has 12 heavy (non-hydrogen) atoms. The highest BCUT2D eigenvalue weighted by molar-refractivity contribution is 5.17. The maximum Gasteiger partial charge on any atom is -0.0166 e. The van der Waals surface area contributed by atoms with Crippen LogP contribution in [-0.4, -0.2) is 0 Å². The van der Waals surface area contributed by atoms with Crippen LogP contribution < -0.4 is 0 Å². The Morgan fingerprint density at radius 1 is 1.17 bits per heavy atom. The molecule has 0 heteroatoms. The average molecular weight is 162 g/mol. The van der Waals surface area contributed by atoms with E-state index in [0.717, 1.165) is 23.7 Å². The van der Waals surface area contributed by atoms with Gasteiger partial charge in [0.2, 0.25) is 0 Å². The van der Waals surface area contributed by atoms with Gasteiger partial charge in [-0.1, -0.05) is 26.0 Å². The average Bonchev–Trinajstić information content (AvgIpc) is 2.60. The summed E-state index contributed by atoms with van der Waals surface area (Å²) in [7, 11) is 0. The summed E-state index contributed by atoms with van der Waals surface area (Å²) in [6, 6.07) is 0. The molecule has 66 valence electrons. The van der Waals surface area contributed by atoms with Crippen LogP contribution in [-0.2, 0) is 0 Å². The summed E-state index contributed by atoms with van der Waals surface area (Å²) >= 11 is 0. The topological polar surface area (TPSA) is 0 Å². The maximum absolute atomic E-state index is 2.51. The molecule has 0 N–H and O–H groups in total. The van der Waals surface area contributed by atoms with Gasteiger partial charge in [-0.25, -0.2) is 0 Å². The third kappa shape index (κ3) is 0.616. The SMILES string of the molecule is CC1(C)C2CCC1C1CC=CC12. The van der Waals surface area contributed by atoms with Crippen LogP contribution in [0.3, 0.4) is 0 Å². The zero-order valence-corrected chi connectivity index (χ0v) is 8.09. The van der Waals surface area contributed by atoms with Gasteiger partial charge < -0.3 is 0 Å². The van der Waals surface area contributed by atoms with E-state index in [1.165, 1.54) is 19.3 Å². The van der Waals surface area contributed by atoms with Crippen LogP contribution in [0.15, 0.2) is 12.2 Å². The van der Waals surface area contributed by atoms with E-state index in [0.29, 0.717) is 5.41 Å². The Bertz CT molecular complexity index is 236. The Morgan fingerprint density at radius 2 is 1.92 bits per heavy atom. The zero-order chi connectivity index (χ0) is 8.34. The second-order valence-electron chi connectivity index (χ2n) is 5.52. The lowest BCUT2D eigenvalue weighted by Crippen LogP contribution is -2.19. The molecule has 3 aliphatic rings. The van der Waals surface area contributed by atoms with Crippen molar-refractivity contribution < 1.29 is 0 Å². The molecule has 0 aromatic rings. The van der Waals surface area contributed by atoms with Crippen molar-refractivity contribution in [1.82, 2.24) is 0 Å². The maximum atomic E-state index is 2.51. The number of fused-ring (bicyclic) bond motifs is 5. The summed E-state index contributed by atoms with van der Waals surface area (Å²) in [5.74, 6) is 4.08. The fourth-order valence-electron chi connectivity index (χ4n) is 4.39. The summed E-state index contributed by atoms with van der Waals surface area (Å²) in [4.78, 5) is 0. The van der Waals surface area contributed by atoms with E-state index in [1.807, 2.05) is 0 Å². The standard InChI is InChI=1S/C12H18/c1-12(2)10-6-7-11(12)9-5-3-4-8(9)10/h3-4,8-11H,5-7H2,1-2H3. The second-order valence-corrected chi connectivity index (χ2v) is 5.52. The van der Waals surface area contributed by atoms with Gasteiger partial charge in [0, 0.05) is 0 Å². The van der Waals surface area contributed by atoms with Crippen LogP contribution in [0, 0.1) is 29.1 Å². The highest BCUT2D eigenvalue weighted by Crippen LogP contribution is 2.65. The molecule has 2 fully saturated rings. The zero-order valence-electron chi connectivity index (χ0n) is 8.09. The van der Waals surface area contributed by atoms with Gasteiger partial charge in [-0.2, -0.15) is 0 Å². The minimum absolute atomic E-state index is 0.667. The summed E-state index contributed by atoms with van der Waals surface area (Å²) in [5, 5.41) is 0. The quantitative estimate of drug-likeness (QED) is 0.480. The van der Waals surface area contributed by atoms with Crippen molar-refractivity contribution >= 4 is 0 Å². The van der Waals surface area contributed by atoms with Crippen molar-refractivity contribution in [3.63, 3.8) is 0 Å². The van der Waals surface area contributed by atoms with Crippen molar-refractivity contribution in [2.75, 3.05) is 0 Å². The monoisotopic (exact) mass is 162 g/mol. The minimum atomic E-state index is 0.667. The summed E-state index contributed by atoms with van der Waals surface area (Å²) in [5.41, 5.74) is 0.667. The van der Waals surface area contributed by atoms with Crippen LogP contribution in [0.4, 0.5) is 0 Å². The van der Waals surface area contributed by atoms with E-state index in [1.54, 1.807) is 0 Å². The molecule has 0 aromatic heterocycles. The minimum Gasteiger partial charge on any atom is -0.0879 e. The molecule has 0 aromatic carbocycles. The van der Waals surface area contributed by atoms with Gasteiger partial charge in [0.25, 0.3) is 0 Å². The third-order valence-corrected chi connectivity index (χ3v) is 4.94. The Labute approximate surface area is 75.0 Å². The largest absolute Gasteiger partial charge is 0.0879 e. The lowest BCUT2D eigenvalue weighted by molar-refractivity contribution is 0.235. The molecule has 2 bridgehead atoms.